The lowest BCUT2D eigenvalue weighted by Gasteiger charge is -2.01. The van der Waals surface area contributed by atoms with Crippen LogP contribution in [0.1, 0.15) is 5.56 Å². The second kappa shape index (κ2) is 3.18. The van der Waals surface area contributed by atoms with Gasteiger partial charge in [0.15, 0.2) is 0 Å². The van der Waals surface area contributed by atoms with Crippen molar-refractivity contribution in [2.75, 3.05) is 0 Å². The maximum atomic E-state index is 5.85. The van der Waals surface area contributed by atoms with Gasteiger partial charge in [-0.1, -0.05) is 11.6 Å². The lowest BCUT2D eigenvalue weighted by atomic mass is 10.1. The first-order chi connectivity index (χ1) is 6.29. The van der Waals surface area contributed by atoms with Crippen LogP contribution in [0.25, 0.3) is 11.3 Å². The molecule has 0 aliphatic heterocycles. The van der Waals surface area contributed by atoms with Gasteiger partial charge in [0.2, 0.25) is 0 Å². The van der Waals surface area contributed by atoms with Crippen molar-refractivity contribution in [2.24, 2.45) is 0 Å². The summed E-state index contributed by atoms with van der Waals surface area (Å²) in [6, 6.07) is 1.84. The first-order valence-electron chi connectivity index (χ1n) is 3.78. The standard InChI is InChI=1S/C9H7ClN2O/c1-6-8(7-2-3-13-4-7)11-5-12-9(6)10/h2-5H,1H3. The summed E-state index contributed by atoms with van der Waals surface area (Å²) in [4.78, 5) is 8.00. The van der Waals surface area contributed by atoms with Gasteiger partial charge >= 0.3 is 0 Å². The normalized spacial score (nSPS) is 10.3. The molecule has 0 fully saturated rings. The van der Waals surface area contributed by atoms with Gasteiger partial charge in [-0.25, -0.2) is 9.97 Å². The SMILES string of the molecule is Cc1c(Cl)ncnc1-c1ccoc1. The summed E-state index contributed by atoms with van der Waals surface area (Å²) in [5, 5.41) is 0.478. The largest absolute Gasteiger partial charge is 0.472 e. The van der Waals surface area contributed by atoms with Crippen molar-refractivity contribution in [3.63, 3.8) is 0 Å². The Morgan fingerprint density at radius 3 is 2.92 bits per heavy atom. The number of rotatable bonds is 1. The molecule has 13 heavy (non-hydrogen) atoms. The van der Waals surface area contributed by atoms with E-state index in [-0.39, 0.29) is 0 Å². The molecule has 0 radical (unpaired) electrons. The van der Waals surface area contributed by atoms with Crippen LogP contribution in [0, 0.1) is 6.92 Å². The Morgan fingerprint density at radius 1 is 1.38 bits per heavy atom. The van der Waals surface area contributed by atoms with Crippen LogP contribution in [-0.4, -0.2) is 9.97 Å². The van der Waals surface area contributed by atoms with E-state index in [2.05, 4.69) is 9.97 Å². The van der Waals surface area contributed by atoms with Gasteiger partial charge in [-0.3, -0.25) is 0 Å². The van der Waals surface area contributed by atoms with E-state index in [9.17, 15) is 0 Å². The first-order valence-corrected chi connectivity index (χ1v) is 4.16. The van der Waals surface area contributed by atoms with E-state index in [1.807, 2.05) is 13.0 Å². The number of aromatic nitrogens is 2. The minimum Gasteiger partial charge on any atom is -0.472 e. The van der Waals surface area contributed by atoms with E-state index in [0.717, 1.165) is 16.8 Å². The molecule has 2 aromatic heterocycles. The van der Waals surface area contributed by atoms with Gasteiger partial charge in [0.1, 0.15) is 11.5 Å². The second-order valence-electron chi connectivity index (χ2n) is 2.65. The molecule has 0 amide bonds. The molecule has 0 spiro atoms. The van der Waals surface area contributed by atoms with Crippen LogP contribution in [0.15, 0.2) is 29.3 Å². The molecule has 2 heterocycles. The molecule has 0 atom stereocenters. The third kappa shape index (κ3) is 1.42. The van der Waals surface area contributed by atoms with E-state index in [0.29, 0.717) is 5.15 Å². The molecule has 2 aromatic rings. The lowest BCUT2D eigenvalue weighted by molar-refractivity contribution is 0.568. The smallest absolute Gasteiger partial charge is 0.135 e. The van der Waals surface area contributed by atoms with Crippen LogP contribution in [0.4, 0.5) is 0 Å². The second-order valence-corrected chi connectivity index (χ2v) is 3.01. The molecular formula is C9H7ClN2O. The molecule has 0 bridgehead atoms. The van der Waals surface area contributed by atoms with Crippen LogP contribution in [0.2, 0.25) is 5.15 Å². The molecule has 0 saturated heterocycles. The van der Waals surface area contributed by atoms with Crippen molar-refractivity contribution in [2.45, 2.75) is 6.92 Å². The highest BCUT2D eigenvalue weighted by Gasteiger charge is 2.07. The lowest BCUT2D eigenvalue weighted by Crippen LogP contribution is -1.89. The zero-order valence-corrected chi connectivity index (χ0v) is 7.75. The van der Waals surface area contributed by atoms with Crippen LogP contribution >= 0.6 is 11.6 Å². The number of hydrogen-bond acceptors (Lipinski definition) is 3. The molecule has 0 unspecified atom stereocenters. The number of halogens is 1. The van der Waals surface area contributed by atoms with Crippen molar-refractivity contribution >= 4 is 11.6 Å². The summed E-state index contributed by atoms with van der Waals surface area (Å²) in [6.07, 6.45) is 4.67. The molecule has 0 aromatic carbocycles. The van der Waals surface area contributed by atoms with E-state index in [1.165, 1.54) is 6.33 Å². The molecule has 2 rings (SSSR count). The summed E-state index contributed by atoms with van der Waals surface area (Å²) in [5.74, 6) is 0. The van der Waals surface area contributed by atoms with Crippen molar-refractivity contribution < 1.29 is 4.42 Å². The Hall–Kier alpha value is -1.35. The van der Waals surface area contributed by atoms with E-state index < -0.39 is 0 Å². The highest BCUT2D eigenvalue weighted by Crippen LogP contribution is 2.24. The Balaban J connectivity index is 2.59. The molecule has 0 aliphatic rings. The fraction of sp³-hybridized carbons (Fsp3) is 0.111. The van der Waals surface area contributed by atoms with Crippen molar-refractivity contribution in [3.05, 3.63) is 35.6 Å². The predicted octanol–water partition coefficient (Wildman–Crippen LogP) is 2.70. The van der Waals surface area contributed by atoms with Gasteiger partial charge in [0.05, 0.1) is 18.2 Å². The number of nitrogens with zero attached hydrogens (tertiary/aromatic N) is 2. The molecule has 0 aliphatic carbocycles. The van der Waals surface area contributed by atoms with Crippen molar-refractivity contribution in [3.8, 4) is 11.3 Å². The topological polar surface area (TPSA) is 38.9 Å². The average Bonchev–Trinajstić information content (AvgIpc) is 2.62. The summed E-state index contributed by atoms with van der Waals surface area (Å²) in [5.41, 5.74) is 2.60. The summed E-state index contributed by atoms with van der Waals surface area (Å²) in [6.45, 7) is 1.88. The molecule has 3 nitrogen and oxygen atoms in total. The highest BCUT2D eigenvalue weighted by molar-refractivity contribution is 6.30. The van der Waals surface area contributed by atoms with Crippen LogP contribution in [0.3, 0.4) is 0 Å². The van der Waals surface area contributed by atoms with Crippen molar-refractivity contribution in [1.82, 2.24) is 9.97 Å². The summed E-state index contributed by atoms with van der Waals surface area (Å²) in [7, 11) is 0. The van der Waals surface area contributed by atoms with Gasteiger partial charge in [-0.05, 0) is 13.0 Å². The summed E-state index contributed by atoms with van der Waals surface area (Å²) < 4.78 is 4.96. The Kier molecular flexibility index (Phi) is 2.02. The molecule has 4 heteroatoms. The van der Waals surface area contributed by atoms with E-state index in [4.69, 9.17) is 16.0 Å². The van der Waals surface area contributed by atoms with E-state index in [1.54, 1.807) is 12.5 Å². The zero-order chi connectivity index (χ0) is 9.26. The van der Waals surface area contributed by atoms with Gasteiger partial charge in [0.25, 0.3) is 0 Å². The zero-order valence-electron chi connectivity index (χ0n) is 6.99. The minimum atomic E-state index is 0.478. The van der Waals surface area contributed by atoms with Crippen LogP contribution in [-0.2, 0) is 0 Å². The molecule has 0 N–H and O–H groups in total. The number of hydrogen-bond donors (Lipinski definition) is 0. The van der Waals surface area contributed by atoms with Gasteiger partial charge in [-0.15, -0.1) is 0 Å². The third-order valence-corrected chi connectivity index (χ3v) is 2.20. The monoisotopic (exact) mass is 194 g/mol. The Labute approximate surface area is 80.4 Å². The van der Waals surface area contributed by atoms with Gasteiger partial charge in [0, 0.05) is 11.1 Å². The highest BCUT2D eigenvalue weighted by atomic mass is 35.5. The minimum absolute atomic E-state index is 0.478. The fourth-order valence-corrected chi connectivity index (χ4v) is 1.25. The number of furan rings is 1. The summed E-state index contributed by atoms with van der Waals surface area (Å²) >= 11 is 5.85. The van der Waals surface area contributed by atoms with Crippen molar-refractivity contribution in [1.29, 1.82) is 0 Å². The average molecular weight is 195 g/mol. The Morgan fingerprint density at radius 2 is 2.23 bits per heavy atom. The molecule has 0 saturated carbocycles. The third-order valence-electron chi connectivity index (χ3n) is 1.82. The first kappa shape index (κ1) is 8.26. The molecular weight excluding hydrogens is 188 g/mol. The quantitative estimate of drug-likeness (QED) is 0.656. The predicted molar refractivity (Wildman–Crippen MR) is 49.5 cm³/mol. The maximum Gasteiger partial charge on any atom is 0.135 e. The van der Waals surface area contributed by atoms with Crippen LogP contribution in [0.5, 0.6) is 0 Å². The fourth-order valence-electron chi connectivity index (χ4n) is 1.12. The maximum absolute atomic E-state index is 5.85. The van der Waals surface area contributed by atoms with E-state index >= 15 is 0 Å². The molecule has 66 valence electrons. The Bertz CT molecular complexity index is 412. The van der Waals surface area contributed by atoms with Gasteiger partial charge in [-0.2, -0.15) is 0 Å². The van der Waals surface area contributed by atoms with Gasteiger partial charge < -0.3 is 4.42 Å². The van der Waals surface area contributed by atoms with Crippen LogP contribution < -0.4 is 0 Å².